The maximum Gasteiger partial charge on any atom is 0.306 e. The number of rotatable bonds is 13. The molecule has 7 heteroatoms. The molecule has 0 unspecified atom stereocenters. The molecule has 160 valence electrons. The number of hydrogen-bond donors (Lipinski definition) is 3. The fraction of sp³-hybridized carbons (Fsp3) is 0.950. The van der Waals surface area contributed by atoms with Gasteiger partial charge in [-0.05, 0) is 6.42 Å². The number of carbonyl (C=O) groups is 1. The first-order valence-electron chi connectivity index (χ1n) is 10.5. The lowest BCUT2D eigenvalue weighted by atomic mass is 10.1. The summed E-state index contributed by atoms with van der Waals surface area (Å²) < 4.78 is 14.9. The van der Waals surface area contributed by atoms with E-state index in [0.717, 1.165) is 32.5 Å². The molecule has 3 N–H and O–H groups in total. The van der Waals surface area contributed by atoms with Gasteiger partial charge in [-0.2, -0.15) is 0 Å². The smallest absolute Gasteiger partial charge is 0.306 e. The average Bonchev–Trinajstić information content (AvgIpc) is 3.51. The second-order valence-corrected chi connectivity index (χ2v) is 7.26. The maximum atomic E-state index is 11.8. The van der Waals surface area contributed by atoms with Crippen LogP contribution in [0.1, 0.15) is 71.1 Å². The second-order valence-electron chi connectivity index (χ2n) is 7.26. The predicted octanol–water partition coefficient (Wildman–Crippen LogP) is 1.95. The van der Waals surface area contributed by atoms with E-state index in [9.17, 15) is 20.1 Å². The highest BCUT2D eigenvalue weighted by atomic mass is 16.6. The Labute approximate surface area is 163 Å². The quantitative estimate of drug-likeness (QED) is 0.250. The molecule has 0 amide bonds. The average molecular weight is 391 g/mol. The van der Waals surface area contributed by atoms with E-state index in [0.29, 0.717) is 6.42 Å². The van der Waals surface area contributed by atoms with Crippen molar-refractivity contribution < 1.29 is 34.3 Å². The van der Waals surface area contributed by atoms with Gasteiger partial charge >= 0.3 is 5.97 Å². The van der Waals surface area contributed by atoms with E-state index < -0.39 is 37.0 Å². The third kappa shape index (κ3) is 11.7. The van der Waals surface area contributed by atoms with Crippen LogP contribution in [0.15, 0.2) is 0 Å². The van der Waals surface area contributed by atoms with Crippen molar-refractivity contribution in [3.05, 3.63) is 0 Å². The minimum absolute atomic E-state index is 0.0157. The topological polar surface area (TPSA) is 109 Å². The fourth-order valence-corrected chi connectivity index (χ4v) is 2.97. The first kappa shape index (κ1) is 24.3. The zero-order chi connectivity index (χ0) is 19.9. The zero-order valence-corrected chi connectivity index (χ0v) is 16.7. The minimum Gasteiger partial charge on any atom is -0.457 e. The zero-order valence-electron chi connectivity index (χ0n) is 16.7. The number of hydrogen-bond acceptors (Lipinski definition) is 7. The van der Waals surface area contributed by atoms with Crippen molar-refractivity contribution in [3.8, 4) is 0 Å². The largest absolute Gasteiger partial charge is 0.457 e. The molecule has 0 radical (unpaired) electrons. The molecule has 0 aromatic heterocycles. The molecule has 0 aliphatic carbocycles. The molecule has 7 nitrogen and oxygen atoms in total. The van der Waals surface area contributed by atoms with Crippen LogP contribution in [0.2, 0.25) is 0 Å². The Kier molecular flexibility index (Phi) is 13.7. The Bertz CT molecular complexity index is 373. The molecule has 2 aliphatic heterocycles. The minimum atomic E-state index is -1.14. The number of esters is 1. The highest BCUT2D eigenvalue weighted by Gasteiger charge is 2.41. The Morgan fingerprint density at radius 1 is 1.04 bits per heavy atom. The summed E-state index contributed by atoms with van der Waals surface area (Å²) in [7, 11) is 0. The van der Waals surface area contributed by atoms with Gasteiger partial charge in [0.15, 0.2) is 6.10 Å². The first-order valence-corrected chi connectivity index (χ1v) is 10.5. The molecule has 0 bridgehead atoms. The molecule has 0 saturated carbocycles. The van der Waals surface area contributed by atoms with Gasteiger partial charge in [0.1, 0.15) is 18.3 Å². The van der Waals surface area contributed by atoms with E-state index in [1.165, 1.54) is 38.5 Å². The van der Waals surface area contributed by atoms with Crippen LogP contribution in [0.3, 0.4) is 0 Å². The van der Waals surface area contributed by atoms with E-state index >= 15 is 0 Å². The molecule has 2 fully saturated rings. The Morgan fingerprint density at radius 3 is 2.04 bits per heavy atom. The summed E-state index contributed by atoms with van der Waals surface area (Å²) in [5.41, 5.74) is 0. The summed E-state index contributed by atoms with van der Waals surface area (Å²) in [6.45, 7) is 3.76. The van der Waals surface area contributed by atoms with Crippen molar-refractivity contribution in [2.24, 2.45) is 0 Å². The number of epoxide rings is 1. The van der Waals surface area contributed by atoms with Crippen LogP contribution in [-0.2, 0) is 19.0 Å². The van der Waals surface area contributed by atoms with Crippen LogP contribution in [0.25, 0.3) is 0 Å². The molecular formula is C20H38O7. The summed E-state index contributed by atoms with van der Waals surface area (Å²) in [4.78, 5) is 11.8. The predicted molar refractivity (Wildman–Crippen MR) is 101 cm³/mol. The van der Waals surface area contributed by atoms with Crippen LogP contribution in [0.4, 0.5) is 0 Å². The Morgan fingerprint density at radius 2 is 1.59 bits per heavy atom. The lowest BCUT2D eigenvalue weighted by Crippen LogP contribution is -2.43. The molecular weight excluding hydrogens is 352 g/mol. The van der Waals surface area contributed by atoms with E-state index in [2.05, 4.69) is 11.7 Å². The highest BCUT2D eigenvalue weighted by Crippen LogP contribution is 2.20. The van der Waals surface area contributed by atoms with Crippen LogP contribution >= 0.6 is 0 Å². The Balaban J connectivity index is 0.00000110. The van der Waals surface area contributed by atoms with Crippen molar-refractivity contribution in [1.82, 2.24) is 0 Å². The summed E-state index contributed by atoms with van der Waals surface area (Å²) in [5, 5.41) is 28.5. The standard InChI is InChI=1S/C18H34O6.C2H4O/c1-2-3-4-5-6-7-8-9-10-11-16(21)24-15(12-19)18-17(22)14(20)13-23-18;1-2-3-1/h14-15,17-20,22H,2-13H2,1H3;1-2H2/t14-,15+,17+,18+;/m0./s1. The van der Waals surface area contributed by atoms with Crippen molar-refractivity contribution in [1.29, 1.82) is 0 Å². The van der Waals surface area contributed by atoms with Gasteiger partial charge in [0.05, 0.1) is 26.4 Å². The van der Waals surface area contributed by atoms with E-state index in [4.69, 9.17) is 9.47 Å². The van der Waals surface area contributed by atoms with E-state index in [-0.39, 0.29) is 6.61 Å². The molecule has 2 rings (SSSR count). The van der Waals surface area contributed by atoms with Crippen LogP contribution < -0.4 is 0 Å². The number of carbonyl (C=O) groups excluding carboxylic acids is 1. The molecule has 4 atom stereocenters. The summed E-state index contributed by atoms with van der Waals surface area (Å²) in [6, 6.07) is 0. The van der Waals surface area contributed by atoms with E-state index in [1.807, 2.05) is 0 Å². The number of aliphatic hydroxyl groups is 3. The van der Waals surface area contributed by atoms with Gasteiger partial charge < -0.3 is 29.5 Å². The normalized spacial score (nSPS) is 24.8. The van der Waals surface area contributed by atoms with E-state index in [1.54, 1.807) is 0 Å². The molecule has 0 aromatic carbocycles. The van der Waals surface area contributed by atoms with Crippen molar-refractivity contribution in [2.75, 3.05) is 26.4 Å². The molecule has 2 saturated heterocycles. The molecule has 0 aromatic rings. The fourth-order valence-electron chi connectivity index (χ4n) is 2.97. The Hall–Kier alpha value is -0.730. The maximum absolute atomic E-state index is 11.8. The van der Waals surface area contributed by atoms with Gasteiger partial charge in [0.2, 0.25) is 0 Å². The molecule has 2 heterocycles. The lowest BCUT2D eigenvalue weighted by Gasteiger charge is -2.24. The second kappa shape index (κ2) is 15.2. The van der Waals surface area contributed by atoms with Crippen LogP contribution in [0.5, 0.6) is 0 Å². The van der Waals surface area contributed by atoms with Crippen LogP contribution in [-0.4, -0.2) is 72.1 Å². The van der Waals surface area contributed by atoms with Gasteiger partial charge in [-0.3, -0.25) is 4.79 Å². The number of unbranched alkanes of at least 4 members (excludes halogenated alkanes) is 8. The lowest BCUT2D eigenvalue weighted by molar-refractivity contribution is -0.162. The molecule has 27 heavy (non-hydrogen) atoms. The summed E-state index contributed by atoms with van der Waals surface area (Å²) in [6.07, 6.45) is 6.91. The molecule has 2 aliphatic rings. The summed E-state index contributed by atoms with van der Waals surface area (Å²) >= 11 is 0. The van der Waals surface area contributed by atoms with Crippen molar-refractivity contribution >= 4 is 5.97 Å². The summed E-state index contributed by atoms with van der Waals surface area (Å²) in [5.74, 6) is -0.394. The van der Waals surface area contributed by atoms with Crippen molar-refractivity contribution in [3.63, 3.8) is 0 Å². The third-order valence-electron chi connectivity index (χ3n) is 4.71. The number of ether oxygens (including phenoxy) is 3. The van der Waals surface area contributed by atoms with Crippen LogP contribution in [0, 0.1) is 0 Å². The van der Waals surface area contributed by atoms with Gasteiger partial charge in [-0.1, -0.05) is 58.3 Å². The molecule has 0 spiro atoms. The van der Waals surface area contributed by atoms with Gasteiger partial charge in [-0.25, -0.2) is 0 Å². The number of aliphatic hydroxyl groups excluding tert-OH is 3. The first-order chi connectivity index (χ1) is 13.1. The monoisotopic (exact) mass is 390 g/mol. The van der Waals surface area contributed by atoms with Gasteiger partial charge in [0, 0.05) is 6.42 Å². The van der Waals surface area contributed by atoms with Gasteiger partial charge in [0.25, 0.3) is 0 Å². The highest BCUT2D eigenvalue weighted by molar-refractivity contribution is 5.69. The van der Waals surface area contributed by atoms with Crippen molar-refractivity contribution in [2.45, 2.75) is 95.5 Å². The van der Waals surface area contributed by atoms with Gasteiger partial charge in [-0.15, -0.1) is 0 Å². The third-order valence-corrected chi connectivity index (χ3v) is 4.71. The SMILES string of the molecule is C1CO1.CCCCCCCCCCCC(=O)O[C@H](CO)[C@H]1OC[C@H](O)[C@H]1O.